The first-order chi connectivity index (χ1) is 8.69. The minimum Gasteiger partial charge on any atom is -0.508 e. The van der Waals surface area contributed by atoms with Crippen molar-refractivity contribution in [1.82, 2.24) is 0 Å². The van der Waals surface area contributed by atoms with Crippen molar-refractivity contribution in [3.63, 3.8) is 0 Å². The van der Waals surface area contributed by atoms with Gasteiger partial charge in [-0.25, -0.2) is 0 Å². The molecule has 2 rings (SSSR count). The van der Waals surface area contributed by atoms with Gasteiger partial charge in [0.05, 0.1) is 0 Å². The number of nitrogens with one attached hydrogen (secondary N) is 1. The summed E-state index contributed by atoms with van der Waals surface area (Å²) >= 11 is 5.68. The van der Waals surface area contributed by atoms with Crippen LogP contribution >= 0.6 is 11.6 Å². The Labute approximate surface area is 110 Å². The van der Waals surface area contributed by atoms with Gasteiger partial charge in [0.15, 0.2) is 0 Å². The molecule has 4 heteroatoms. The van der Waals surface area contributed by atoms with E-state index in [1.807, 2.05) is 12.1 Å². The van der Waals surface area contributed by atoms with Crippen LogP contribution in [-0.4, -0.2) is 11.0 Å². The van der Waals surface area contributed by atoms with Gasteiger partial charge in [0.2, 0.25) is 0 Å². The average Bonchev–Trinajstić information content (AvgIpc) is 2.41. The lowest BCUT2D eigenvalue weighted by Crippen LogP contribution is -2.11. The number of amides is 1. The number of aromatic hydroxyl groups is 1. The lowest BCUT2D eigenvalue weighted by Gasteiger charge is -2.05. The van der Waals surface area contributed by atoms with E-state index in [-0.39, 0.29) is 11.7 Å². The maximum Gasteiger partial charge on any atom is 0.255 e. The van der Waals surface area contributed by atoms with Crippen LogP contribution in [0.2, 0.25) is 0 Å². The van der Waals surface area contributed by atoms with Gasteiger partial charge in [-0.3, -0.25) is 4.79 Å². The van der Waals surface area contributed by atoms with Crippen LogP contribution in [-0.2, 0) is 5.88 Å². The van der Waals surface area contributed by atoms with Gasteiger partial charge >= 0.3 is 0 Å². The third-order valence-corrected chi connectivity index (χ3v) is 2.80. The molecule has 0 saturated carbocycles. The summed E-state index contributed by atoms with van der Waals surface area (Å²) in [5, 5.41) is 11.9. The summed E-state index contributed by atoms with van der Waals surface area (Å²) in [6.45, 7) is 0. The molecule has 0 aliphatic heterocycles. The predicted octanol–water partition coefficient (Wildman–Crippen LogP) is 3.38. The van der Waals surface area contributed by atoms with Crippen LogP contribution in [0.4, 0.5) is 5.69 Å². The topological polar surface area (TPSA) is 49.3 Å². The molecule has 0 spiro atoms. The van der Waals surface area contributed by atoms with E-state index in [9.17, 15) is 4.79 Å². The second kappa shape index (κ2) is 5.56. The molecule has 0 aliphatic carbocycles. The highest BCUT2D eigenvalue weighted by Crippen LogP contribution is 2.15. The van der Waals surface area contributed by atoms with E-state index in [1.165, 1.54) is 12.1 Å². The summed E-state index contributed by atoms with van der Waals surface area (Å²) in [5.74, 6) is 0.404. The second-order valence-electron chi connectivity index (χ2n) is 3.83. The smallest absolute Gasteiger partial charge is 0.255 e. The summed E-state index contributed by atoms with van der Waals surface area (Å²) in [4.78, 5) is 11.9. The molecule has 0 unspecified atom stereocenters. The number of carbonyl (C=O) groups is 1. The molecular weight excluding hydrogens is 250 g/mol. The van der Waals surface area contributed by atoms with Crippen LogP contribution < -0.4 is 5.32 Å². The van der Waals surface area contributed by atoms with Gasteiger partial charge < -0.3 is 10.4 Å². The molecule has 3 nitrogen and oxygen atoms in total. The van der Waals surface area contributed by atoms with Gasteiger partial charge in [-0.1, -0.05) is 12.1 Å². The molecule has 2 N–H and O–H groups in total. The molecule has 0 bridgehead atoms. The van der Waals surface area contributed by atoms with Crippen molar-refractivity contribution in [2.45, 2.75) is 5.88 Å². The third kappa shape index (κ3) is 3.02. The third-order valence-electron chi connectivity index (χ3n) is 2.50. The molecule has 0 atom stereocenters. The summed E-state index contributed by atoms with van der Waals surface area (Å²) in [6, 6.07) is 13.4. The molecule has 0 radical (unpaired) electrons. The summed E-state index contributed by atoms with van der Waals surface area (Å²) in [7, 11) is 0. The van der Waals surface area contributed by atoms with Gasteiger partial charge in [0.1, 0.15) is 5.75 Å². The zero-order valence-electron chi connectivity index (χ0n) is 9.56. The first-order valence-corrected chi connectivity index (χ1v) is 5.98. The number of alkyl halides is 1. The number of hydrogen-bond donors (Lipinski definition) is 2. The Balaban J connectivity index is 2.09. The highest BCUT2D eigenvalue weighted by Gasteiger charge is 2.05. The van der Waals surface area contributed by atoms with E-state index >= 15 is 0 Å². The Bertz CT molecular complexity index is 535. The summed E-state index contributed by atoms with van der Waals surface area (Å²) in [5.41, 5.74) is 2.18. The van der Waals surface area contributed by atoms with Crippen LogP contribution in [0.25, 0.3) is 0 Å². The lowest BCUT2D eigenvalue weighted by atomic mass is 10.1. The lowest BCUT2D eigenvalue weighted by molar-refractivity contribution is 0.102. The zero-order valence-corrected chi connectivity index (χ0v) is 10.3. The Morgan fingerprint density at radius 3 is 2.22 bits per heavy atom. The molecule has 0 aromatic heterocycles. The van der Waals surface area contributed by atoms with Crippen molar-refractivity contribution in [1.29, 1.82) is 0 Å². The predicted molar refractivity (Wildman–Crippen MR) is 72.1 cm³/mol. The van der Waals surface area contributed by atoms with Crippen molar-refractivity contribution in [2.24, 2.45) is 0 Å². The quantitative estimate of drug-likeness (QED) is 0.657. The van der Waals surface area contributed by atoms with Gasteiger partial charge in [-0.15, -0.1) is 11.6 Å². The van der Waals surface area contributed by atoms with Crippen LogP contribution in [0.1, 0.15) is 15.9 Å². The molecule has 1 amide bonds. The number of rotatable bonds is 3. The van der Waals surface area contributed by atoms with E-state index in [1.54, 1.807) is 24.3 Å². The molecule has 0 saturated heterocycles. The van der Waals surface area contributed by atoms with Crippen molar-refractivity contribution in [2.75, 3.05) is 5.32 Å². The Morgan fingerprint density at radius 2 is 1.67 bits per heavy atom. The maximum absolute atomic E-state index is 11.9. The first-order valence-electron chi connectivity index (χ1n) is 5.44. The van der Waals surface area contributed by atoms with E-state index in [0.717, 1.165) is 5.56 Å². The molecular formula is C14H12ClNO2. The Kier molecular flexibility index (Phi) is 3.85. The van der Waals surface area contributed by atoms with Crippen LogP contribution in [0, 0.1) is 0 Å². The largest absolute Gasteiger partial charge is 0.508 e. The highest BCUT2D eigenvalue weighted by atomic mass is 35.5. The van der Waals surface area contributed by atoms with Gasteiger partial charge in [-0.05, 0) is 42.0 Å². The minimum atomic E-state index is -0.193. The average molecular weight is 262 g/mol. The first kappa shape index (κ1) is 12.5. The van der Waals surface area contributed by atoms with Crippen molar-refractivity contribution >= 4 is 23.2 Å². The second-order valence-corrected chi connectivity index (χ2v) is 4.10. The molecule has 2 aromatic rings. The monoisotopic (exact) mass is 261 g/mol. The fourth-order valence-corrected chi connectivity index (χ4v) is 1.67. The number of hydrogen-bond acceptors (Lipinski definition) is 2. The fraction of sp³-hybridized carbons (Fsp3) is 0.0714. The summed E-state index contributed by atoms with van der Waals surface area (Å²) in [6.07, 6.45) is 0. The van der Waals surface area contributed by atoms with E-state index in [4.69, 9.17) is 16.7 Å². The molecule has 18 heavy (non-hydrogen) atoms. The SMILES string of the molecule is O=C(Nc1ccc(O)cc1)c1ccc(CCl)cc1. The van der Waals surface area contributed by atoms with E-state index in [2.05, 4.69) is 5.32 Å². The van der Waals surface area contributed by atoms with Crippen LogP contribution in [0.5, 0.6) is 5.75 Å². The van der Waals surface area contributed by atoms with Crippen LogP contribution in [0.15, 0.2) is 48.5 Å². The molecule has 2 aromatic carbocycles. The number of halogens is 1. The Morgan fingerprint density at radius 1 is 1.06 bits per heavy atom. The van der Waals surface area contributed by atoms with E-state index in [0.29, 0.717) is 17.1 Å². The highest BCUT2D eigenvalue weighted by molar-refractivity contribution is 6.17. The number of anilines is 1. The standard InChI is InChI=1S/C14H12ClNO2/c15-9-10-1-3-11(4-2-10)14(18)16-12-5-7-13(17)8-6-12/h1-8,17H,9H2,(H,16,18). The van der Waals surface area contributed by atoms with Gasteiger partial charge in [0, 0.05) is 17.1 Å². The van der Waals surface area contributed by atoms with E-state index < -0.39 is 0 Å². The molecule has 92 valence electrons. The number of carbonyl (C=O) groups excluding carboxylic acids is 1. The number of benzene rings is 2. The Hall–Kier alpha value is -2.00. The summed E-state index contributed by atoms with van der Waals surface area (Å²) < 4.78 is 0. The van der Waals surface area contributed by atoms with Gasteiger partial charge in [0.25, 0.3) is 5.91 Å². The zero-order chi connectivity index (χ0) is 13.0. The normalized spacial score (nSPS) is 10.1. The van der Waals surface area contributed by atoms with Gasteiger partial charge in [-0.2, -0.15) is 0 Å². The fourth-order valence-electron chi connectivity index (χ4n) is 1.49. The molecule has 0 aliphatic rings. The van der Waals surface area contributed by atoms with Crippen molar-refractivity contribution in [3.8, 4) is 5.75 Å². The van der Waals surface area contributed by atoms with Crippen LogP contribution in [0.3, 0.4) is 0 Å². The number of phenolic OH excluding ortho intramolecular Hbond substituents is 1. The number of phenols is 1. The van der Waals surface area contributed by atoms with Crippen molar-refractivity contribution in [3.05, 3.63) is 59.7 Å². The molecule has 0 heterocycles. The maximum atomic E-state index is 11.9. The minimum absolute atomic E-state index is 0.166. The van der Waals surface area contributed by atoms with Crippen molar-refractivity contribution < 1.29 is 9.90 Å². The molecule has 0 fully saturated rings.